The van der Waals surface area contributed by atoms with Gasteiger partial charge in [0, 0.05) is 18.7 Å². The number of aromatic nitrogens is 2. The first-order chi connectivity index (χ1) is 12.0. The fraction of sp³-hybridized carbons (Fsp3) is 0.368. The molecule has 1 aromatic heterocycles. The topological polar surface area (TPSA) is 92.2 Å². The molecule has 0 spiro atoms. The molecule has 1 aliphatic carbocycles. The number of hydrogen-bond donors (Lipinski definition) is 2. The maximum absolute atomic E-state index is 12.3. The van der Waals surface area contributed by atoms with Crippen molar-refractivity contribution in [1.82, 2.24) is 15.3 Å². The van der Waals surface area contributed by atoms with Crippen molar-refractivity contribution < 1.29 is 14.7 Å². The first-order valence-corrected chi connectivity index (χ1v) is 8.42. The average molecular weight is 339 g/mol. The monoisotopic (exact) mass is 339 g/mol. The molecule has 2 aromatic rings. The summed E-state index contributed by atoms with van der Waals surface area (Å²) in [6.07, 6.45) is 4.06. The molecule has 25 heavy (non-hydrogen) atoms. The molecule has 1 aromatic carbocycles. The van der Waals surface area contributed by atoms with Crippen LogP contribution in [0.3, 0.4) is 0 Å². The standard InChI is InChI=1S/C19H21N3O3/c1-12-2-4-13(5-3-12)10-15(19(24)25)11-21-18(23)16-8-9-20-17(22-16)14-6-7-14/h2-5,8-9,14-15H,6-7,10-11H2,1H3,(H,21,23)(H,24,25). The second-order valence-corrected chi connectivity index (χ2v) is 6.51. The Morgan fingerprint density at radius 3 is 2.60 bits per heavy atom. The van der Waals surface area contributed by atoms with Gasteiger partial charge in [0.05, 0.1) is 5.92 Å². The lowest BCUT2D eigenvalue weighted by Gasteiger charge is -2.14. The summed E-state index contributed by atoms with van der Waals surface area (Å²) in [5.74, 6) is -0.916. The van der Waals surface area contributed by atoms with E-state index < -0.39 is 11.9 Å². The van der Waals surface area contributed by atoms with Crippen molar-refractivity contribution in [2.24, 2.45) is 5.92 Å². The van der Waals surface area contributed by atoms with Gasteiger partial charge in [0.25, 0.3) is 5.91 Å². The molecule has 2 N–H and O–H groups in total. The third-order valence-electron chi connectivity index (χ3n) is 4.31. The molecule has 0 aliphatic heterocycles. The molecule has 1 heterocycles. The molecule has 0 saturated heterocycles. The van der Waals surface area contributed by atoms with Crippen LogP contribution in [-0.2, 0) is 11.2 Å². The molecule has 1 amide bonds. The quantitative estimate of drug-likeness (QED) is 0.808. The minimum Gasteiger partial charge on any atom is -0.481 e. The fourth-order valence-corrected chi connectivity index (χ4v) is 2.60. The number of nitrogens with one attached hydrogen (secondary N) is 1. The number of hydrogen-bond acceptors (Lipinski definition) is 4. The zero-order valence-corrected chi connectivity index (χ0v) is 14.1. The number of benzene rings is 1. The molecular weight excluding hydrogens is 318 g/mol. The van der Waals surface area contributed by atoms with E-state index >= 15 is 0 Å². The summed E-state index contributed by atoms with van der Waals surface area (Å²) in [6, 6.07) is 9.29. The van der Waals surface area contributed by atoms with Crippen LogP contribution in [0, 0.1) is 12.8 Å². The number of carbonyl (C=O) groups is 2. The Morgan fingerprint density at radius 1 is 1.24 bits per heavy atom. The van der Waals surface area contributed by atoms with Gasteiger partial charge in [-0.3, -0.25) is 9.59 Å². The van der Waals surface area contributed by atoms with Gasteiger partial charge < -0.3 is 10.4 Å². The third-order valence-corrected chi connectivity index (χ3v) is 4.31. The smallest absolute Gasteiger partial charge is 0.308 e. The van der Waals surface area contributed by atoms with Gasteiger partial charge in [0.1, 0.15) is 11.5 Å². The summed E-state index contributed by atoms with van der Waals surface area (Å²) in [5.41, 5.74) is 2.35. The van der Waals surface area contributed by atoms with Crippen molar-refractivity contribution in [1.29, 1.82) is 0 Å². The SMILES string of the molecule is Cc1ccc(CC(CNC(=O)c2ccnc(C3CC3)n2)C(=O)O)cc1. The zero-order chi connectivity index (χ0) is 17.8. The van der Waals surface area contributed by atoms with Crippen molar-refractivity contribution >= 4 is 11.9 Å². The van der Waals surface area contributed by atoms with E-state index in [1.165, 1.54) is 0 Å². The summed E-state index contributed by atoms with van der Waals surface area (Å²) in [5, 5.41) is 12.1. The van der Waals surface area contributed by atoms with E-state index in [-0.39, 0.29) is 18.1 Å². The van der Waals surface area contributed by atoms with Crippen molar-refractivity contribution in [2.45, 2.75) is 32.1 Å². The minimum absolute atomic E-state index is 0.0603. The third kappa shape index (κ3) is 4.62. The number of aliphatic carboxylic acids is 1. The zero-order valence-electron chi connectivity index (χ0n) is 14.1. The highest BCUT2D eigenvalue weighted by atomic mass is 16.4. The van der Waals surface area contributed by atoms with Gasteiger partial charge in [-0.15, -0.1) is 0 Å². The van der Waals surface area contributed by atoms with Crippen molar-refractivity contribution in [3.8, 4) is 0 Å². The van der Waals surface area contributed by atoms with Crippen molar-refractivity contribution in [3.63, 3.8) is 0 Å². The van der Waals surface area contributed by atoms with Crippen LogP contribution in [0.25, 0.3) is 0 Å². The predicted molar refractivity (Wildman–Crippen MR) is 92.3 cm³/mol. The van der Waals surface area contributed by atoms with Crippen LogP contribution in [0.2, 0.25) is 0 Å². The van der Waals surface area contributed by atoms with Gasteiger partial charge in [-0.2, -0.15) is 0 Å². The summed E-state index contributed by atoms with van der Waals surface area (Å²) in [6.45, 7) is 2.04. The van der Waals surface area contributed by atoms with E-state index in [4.69, 9.17) is 0 Å². The normalized spacial score (nSPS) is 14.8. The van der Waals surface area contributed by atoms with Crippen LogP contribution in [0.15, 0.2) is 36.5 Å². The summed E-state index contributed by atoms with van der Waals surface area (Å²) in [7, 11) is 0. The minimum atomic E-state index is -0.928. The number of carboxylic acids is 1. The molecular formula is C19H21N3O3. The summed E-state index contributed by atoms with van der Waals surface area (Å²) < 4.78 is 0. The number of carbonyl (C=O) groups excluding carboxylic acids is 1. The maximum Gasteiger partial charge on any atom is 0.308 e. The Labute approximate surface area is 146 Å². The highest BCUT2D eigenvalue weighted by molar-refractivity contribution is 5.92. The van der Waals surface area contributed by atoms with Crippen LogP contribution in [-0.4, -0.2) is 33.5 Å². The lowest BCUT2D eigenvalue weighted by atomic mass is 9.98. The first-order valence-electron chi connectivity index (χ1n) is 8.42. The van der Waals surface area contributed by atoms with Gasteiger partial charge in [-0.25, -0.2) is 9.97 Å². The second-order valence-electron chi connectivity index (χ2n) is 6.51. The Morgan fingerprint density at radius 2 is 1.96 bits per heavy atom. The molecule has 3 rings (SSSR count). The van der Waals surface area contributed by atoms with Crippen LogP contribution in [0.4, 0.5) is 0 Å². The number of rotatable bonds is 7. The average Bonchev–Trinajstić information content (AvgIpc) is 3.45. The molecule has 0 bridgehead atoms. The maximum atomic E-state index is 12.3. The molecule has 6 nitrogen and oxygen atoms in total. The lowest BCUT2D eigenvalue weighted by Crippen LogP contribution is -2.34. The van der Waals surface area contributed by atoms with Gasteiger partial charge in [-0.05, 0) is 37.8 Å². The van der Waals surface area contributed by atoms with E-state index in [2.05, 4.69) is 15.3 Å². The van der Waals surface area contributed by atoms with Gasteiger partial charge in [0.15, 0.2) is 0 Å². The highest BCUT2D eigenvalue weighted by Crippen LogP contribution is 2.37. The van der Waals surface area contributed by atoms with E-state index in [9.17, 15) is 14.7 Å². The molecule has 1 unspecified atom stereocenters. The molecule has 0 radical (unpaired) electrons. The number of aryl methyl sites for hydroxylation is 1. The lowest BCUT2D eigenvalue weighted by molar-refractivity contribution is -0.141. The van der Waals surface area contributed by atoms with Crippen LogP contribution < -0.4 is 5.32 Å². The predicted octanol–water partition coefficient (Wildman–Crippen LogP) is 2.34. The Kier molecular flexibility index (Phi) is 5.07. The number of nitrogens with zero attached hydrogens (tertiary/aromatic N) is 2. The number of amides is 1. The van der Waals surface area contributed by atoms with E-state index in [0.717, 1.165) is 24.0 Å². The van der Waals surface area contributed by atoms with E-state index in [1.54, 1.807) is 12.3 Å². The van der Waals surface area contributed by atoms with Crippen molar-refractivity contribution in [3.05, 3.63) is 59.2 Å². The fourth-order valence-electron chi connectivity index (χ4n) is 2.60. The molecule has 1 aliphatic rings. The van der Waals surface area contributed by atoms with Crippen LogP contribution in [0.5, 0.6) is 0 Å². The Balaban J connectivity index is 1.60. The Hall–Kier alpha value is -2.76. The molecule has 1 atom stereocenters. The van der Waals surface area contributed by atoms with Crippen LogP contribution in [0.1, 0.15) is 46.2 Å². The molecule has 1 saturated carbocycles. The molecule has 6 heteroatoms. The van der Waals surface area contributed by atoms with Gasteiger partial charge >= 0.3 is 5.97 Å². The highest BCUT2D eigenvalue weighted by Gasteiger charge is 2.27. The van der Waals surface area contributed by atoms with E-state index in [1.807, 2.05) is 31.2 Å². The Bertz CT molecular complexity index is 770. The summed E-state index contributed by atoms with van der Waals surface area (Å²) >= 11 is 0. The largest absolute Gasteiger partial charge is 0.481 e. The molecule has 130 valence electrons. The number of carboxylic acid groups (broad SMARTS) is 1. The molecule has 1 fully saturated rings. The van der Waals surface area contributed by atoms with E-state index in [0.29, 0.717) is 18.2 Å². The second kappa shape index (κ2) is 7.42. The van der Waals surface area contributed by atoms with Gasteiger partial charge in [-0.1, -0.05) is 29.8 Å². The first kappa shape index (κ1) is 17.1. The van der Waals surface area contributed by atoms with Gasteiger partial charge in [0.2, 0.25) is 0 Å². The van der Waals surface area contributed by atoms with Crippen molar-refractivity contribution in [2.75, 3.05) is 6.54 Å². The summed E-state index contributed by atoms with van der Waals surface area (Å²) in [4.78, 5) is 32.2. The van der Waals surface area contributed by atoms with Crippen LogP contribution >= 0.6 is 0 Å².